The molecule has 0 atom stereocenters. The average molecular weight is 294 g/mol. The zero-order chi connectivity index (χ0) is 11.1. The molecule has 3 nitrogen and oxygen atoms in total. The number of pyridine rings is 1. The van der Waals surface area contributed by atoms with Crippen LogP contribution < -0.4 is 5.73 Å². The molecule has 0 spiro atoms. The summed E-state index contributed by atoms with van der Waals surface area (Å²) in [5.41, 5.74) is 6.78. The lowest BCUT2D eigenvalue weighted by atomic mass is 10.1. The van der Waals surface area contributed by atoms with Gasteiger partial charge in [-0.25, -0.2) is 4.98 Å². The molecule has 0 aromatic carbocycles. The summed E-state index contributed by atoms with van der Waals surface area (Å²) in [7, 11) is 0. The number of nitrogens with two attached hydrogens (primary N) is 1. The van der Waals surface area contributed by atoms with Crippen molar-refractivity contribution in [2.75, 3.05) is 6.26 Å². The van der Waals surface area contributed by atoms with Crippen molar-refractivity contribution in [3.63, 3.8) is 0 Å². The molecule has 96 valence electrons. The first-order valence-electron chi connectivity index (χ1n) is 4.83. The molecular formula is C11H17Cl2N3S. The second-order valence-electron chi connectivity index (χ2n) is 4.14. The van der Waals surface area contributed by atoms with Crippen LogP contribution in [-0.4, -0.2) is 15.6 Å². The minimum atomic E-state index is -0.413. The van der Waals surface area contributed by atoms with Crippen molar-refractivity contribution in [2.45, 2.75) is 24.3 Å². The number of aromatic nitrogens is 2. The van der Waals surface area contributed by atoms with Crippen molar-refractivity contribution < 1.29 is 0 Å². The third kappa shape index (κ3) is 3.07. The Labute approximate surface area is 118 Å². The van der Waals surface area contributed by atoms with Gasteiger partial charge in [0.2, 0.25) is 0 Å². The Morgan fingerprint density at radius 2 is 2.00 bits per heavy atom. The molecule has 0 aliphatic heterocycles. The van der Waals surface area contributed by atoms with Crippen molar-refractivity contribution in [1.82, 2.24) is 9.38 Å². The Morgan fingerprint density at radius 1 is 1.35 bits per heavy atom. The third-order valence-corrected chi connectivity index (χ3v) is 3.11. The van der Waals surface area contributed by atoms with E-state index in [2.05, 4.69) is 21.7 Å². The van der Waals surface area contributed by atoms with E-state index in [-0.39, 0.29) is 24.8 Å². The molecule has 2 aromatic heterocycles. The Hall–Kier alpha value is -0.420. The van der Waals surface area contributed by atoms with Gasteiger partial charge in [0.15, 0.2) is 0 Å². The second kappa shape index (κ2) is 5.96. The first-order valence-corrected chi connectivity index (χ1v) is 6.06. The summed E-state index contributed by atoms with van der Waals surface area (Å²) in [4.78, 5) is 5.62. The fraction of sp³-hybridized carbons (Fsp3) is 0.364. The zero-order valence-electron chi connectivity index (χ0n) is 10.0. The van der Waals surface area contributed by atoms with E-state index in [4.69, 9.17) is 5.73 Å². The number of hydrogen-bond acceptors (Lipinski definition) is 3. The highest BCUT2D eigenvalue weighted by Gasteiger charge is 2.20. The SMILES string of the molecule is CSc1cccn2c(C(C)(C)N)ncc12.Cl.Cl. The Bertz CT molecular complexity index is 491. The van der Waals surface area contributed by atoms with Crippen LogP contribution in [0.5, 0.6) is 0 Å². The molecule has 0 fully saturated rings. The molecule has 2 rings (SSSR count). The predicted molar refractivity (Wildman–Crippen MR) is 78.7 cm³/mol. The number of hydrogen-bond donors (Lipinski definition) is 1. The summed E-state index contributed by atoms with van der Waals surface area (Å²) in [6, 6.07) is 4.12. The molecule has 2 N–H and O–H groups in total. The van der Waals surface area contributed by atoms with E-state index in [1.54, 1.807) is 11.8 Å². The lowest BCUT2D eigenvalue weighted by Crippen LogP contribution is -2.31. The predicted octanol–water partition coefficient (Wildman–Crippen LogP) is 3.09. The summed E-state index contributed by atoms with van der Waals surface area (Å²) in [5, 5.41) is 0. The van der Waals surface area contributed by atoms with Crippen LogP contribution in [0.2, 0.25) is 0 Å². The number of thioether (sulfide) groups is 1. The molecular weight excluding hydrogens is 277 g/mol. The van der Waals surface area contributed by atoms with Gasteiger partial charge in [-0.05, 0) is 32.2 Å². The summed E-state index contributed by atoms with van der Waals surface area (Å²) >= 11 is 1.72. The highest BCUT2D eigenvalue weighted by molar-refractivity contribution is 7.98. The molecule has 6 heteroatoms. The fourth-order valence-electron chi connectivity index (χ4n) is 1.65. The quantitative estimate of drug-likeness (QED) is 0.866. The molecule has 2 heterocycles. The zero-order valence-corrected chi connectivity index (χ0v) is 12.5. The van der Waals surface area contributed by atoms with Crippen molar-refractivity contribution in [2.24, 2.45) is 5.73 Å². The van der Waals surface area contributed by atoms with Gasteiger partial charge in [-0.15, -0.1) is 36.6 Å². The van der Waals surface area contributed by atoms with E-state index in [1.807, 2.05) is 32.3 Å². The Morgan fingerprint density at radius 3 is 2.53 bits per heavy atom. The van der Waals surface area contributed by atoms with Crippen LogP contribution >= 0.6 is 36.6 Å². The van der Waals surface area contributed by atoms with Crippen LogP contribution in [0, 0.1) is 0 Å². The van der Waals surface area contributed by atoms with Crippen molar-refractivity contribution in [3.8, 4) is 0 Å². The molecule has 2 aromatic rings. The number of nitrogens with zero attached hydrogens (tertiary/aromatic N) is 2. The molecule has 0 bridgehead atoms. The number of halogens is 2. The largest absolute Gasteiger partial charge is 0.319 e. The molecule has 0 radical (unpaired) electrons. The fourth-order valence-corrected chi connectivity index (χ4v) is 2.22. The highest BCUT2D eigenvalue weighted by Crippen LogP contribution is 2.24. The monoisotopic (exact) mass is 293 g/mol. The topological polar surface area (TPSA) is 43.3 Å². The van der Waals surface area contributed by atoms with Crippen molar-refractivity contribution >= 4 is 42.1 Å². The van der Waals surface area contributed by atoms with E-state index in [0.29, 0.717) is 0 Å². The van der Waals surface area contributed by atoms with Crippen LogP contribution in [0.1, 0.15) is 19.7 Å². The molecule has 0 saturated heterocycles. The lowest BCUT2D eigenvalue weighted by molar-refractivity contribution is 0.511. The van der Waals surface area contributed by atoms with Crippen molar-refractivity contribution in [1.29, 1.82) is 0 Å². The maximum absolute atomic E-state index is 6.07. The van der Waals surface area contributed by atoms with Gasteiger partial charge >= 0.3 is 0 Å². The molecule has 0 unspecified atom stereocenters. The summed E-state index contributed by atoms with van der Waals surface area (Å²) in [6.45, 7) is 3.93. The van der Waals surface area contributed by atoms with Gasteiger partial charge in [0.25, 0.3) is 0 Å². The normalized spacial score (nSPS) is 10.8. The van der Waals surface area contributed by atoms with Crippen LogP contribution in [0.3, 0.4) is 0 Å². The number of rotatable bonds is 2. The first-order chi connectivity index (χ1) is 7.04. The molecule has 0 amide bonds. The van der Waals surface area contributed by atoms with Gasteiger partial charge in [-0.3, -0.25) is 0 Å². The Balaban J connectivity index is 0.00000128. The number of imidazole rings is 1. The smallest absolute Gasteiger partial charge is 0.132 e. The summed E-state index contributed by atoms with van der Waals surface area (Å²) in [6.07, 6.45) is 5.96. The van der Waals surface area contributed by atoms with Gasteiger partial charge in [0.05, 0.1) is 17.3 Å². The molecule has 0 aliphatic rings. The Kier molecular flexibility index (Phi) is 5.81. The van der Waals surface area contributed by atoms with E-state index >= 15 is 0 Å². The van der Waals surface area contributed by atoms with E-state index in [0.717, 1.165) is 11.3 Å². The van der Waals surface area contributed by atoms with Crippen LogP contribution in [0.15, 0.2) is 29.4 Å². The highest BCUT2D eigenvalue weighted by atomic mass is 35.5. The average Bonchev–Trinajstić information content (AvgIpc) is 2.59. The van der Waals surface area contributed by atoms with Gasteiger partial charge in [-0.1, -0.05) is 0 Å². The summed E-state index contributed by atoms with van der Waals surface area (Å²) < 4.78 is 2.06. The molecule has 0 aliphatic carbocycles. The van der Waals surface area contributed by atoms with Gasteiger partial charge < -0.3 is 10.1 Å². The maximum Gasteiger partial charge on any atom is 0.132 e. The minimum absolute atomic E-state index is 0. The van der Waals surface area contributed by atoms with Crippen molar-refractivity contribution in [3.05, 3.63) is 30.4 Å². The summed E-state index contributed by atoms with van der Waals surface area (Å²) in [5.74, 6) is 0.897. The second-order valence-corrected chi connectivity index (χ2v) is 4.98. The van der Waals surface area contributed by atoms with Crippen LogP contribution in [-0.2, 0) is 5.54 Å². The first kappa shape index (κ1) is 16.6. The van der Waals surface area contributed by atoms with Gasteiger partial charge in [-0.2, -0.15) is 0 Å². The van der Waals surface area contributed by atoms with Crippen LogP contribution in [0.25, 0.3) is 5.52 Å². The number of fused-ring (bicyclic) bond motifs is 1. The molecule has 0 saturated carbocycles. The van der Waals surface area contributed by atoms with E-state index in [1.165, 1.54) is 4.90 Å². The van der Waals surface area contributed by atoms with E-state index in [9.17, 15) is 0 Å². The molecule has 17 heavy (non-hydrogen) atoms. The van der Waals surface area contributed by atoms with Gasteiger partial charge in [0, 0.05) is 11.1 Å². The van der Waals surface area contributed by atoms with E-state index < -0.39 is 5.54 Å². The lowest BCUT2D eigenvalue weighted by Gasteiger charge is -2.17. The van der Waals surface area contributed by atoms with Crippen LogP contribution in [0.4, 0.5) is 0 Å². The maximum atomic E-state index is 6.07. The standard InChI is InChI=1S/C11H15N3S.2ClH/c1-11(2,12)10-13-7-8-9(15-3)5-4-6-14(8)10;;/h4-7H,12H2,1-3H3;2*1H. The minimum Gasteiger partial charge on any atom is -0.319 e. The third-order valence-electron chi connectivity index (χ3n) is 2.33. The van der Waals surface area contributed by atoms with Gasteiger partial charge in [0.1, 0.15) is 5.82 Å².